The van der Waals surface area contributed by atoms with Gasteiger partial charge in [-0.2, -0.15) is 10.5 Å². The van der Waals surface area contributed by atoms with Crippen LogP contribution < -0.4 is 0 Å². The van der Waals surface area contributed by atoms with E-state index in [4.69, 9.17) is 38.7 Å². The second-order valence-electron chi connectivity index (χ2n) is 27.1. The van der Waals surface area contributed by atoms with Crippen molar-refractivity contribution < 1.29 is 8.83 Å². The maximum absolute atomic E-state index is 9.90. The molecule has 21 aromatic rings. The minimum Gasteiger partial charge on any atom is -0.455 e. The number of nitrogens with zero attached hydrogens (tertiary/aromatic N) is 10. The van der Waals surface area contributed by atoms with Crippen molar-refractivity contribution in [2.24, 2.45) is 0 Å². The highest BCUT2D eigenvalue weighted by Crippen LogP contribution is 2.44. The lowest BCUT2D eigenvalue weighted by Crippen LogP contribution is -2.01. The monoisotopic (exact) mass is 1410 g/mol. The number of nitriles is 2. The fourth-order valence-electron chi connectivity index (χ4n) is 15.4. The molecule has 0 saturated heterocycles. The standard InChI is InChI=1S/C52H31N5O.C46H27N5O/c53-32-33-12-9-17-38(28-33)51-54-50(35-15-5-2-6-16-35)55-52(56-51)39-18-10-19-40(29-39)57-46-26-24-36(34-13-3-1-4-14-34)30-44(46)45-31-37(25-27-47(45)57)41-21-11-22-43-42-20-7-8-23-48(42)58-49(41)43;47-28-29-21-23-40-38(25-29)39-27-32(35-18-10-19-37-36-17-7-8-20-42(36)52-43(35)37)22-24-41(39)51(40)34-16-9-15-33(26-34)46-49-44(30-11-3-1-4-12-30)48-45(50-46)31-13-5-2-6-14-31/h1-31H;1-27H. The highest BCUT2D eigenvalue weighted by molar-refractivity contribution is 6.16. The average Bonchev–Trinajstić information content (AvgIpc) is 1.58. The molecule has 0 bridgehead atoms. The third-order valence-corrected chi connectivity index (χ3v) is 20.5. The van der Waals surface area contributed by atoms with E-state index in [1.807, 2.05) is 182 Å². The number of para-hydroxylation sites is 4. The van der Waals surface area contributed by atoms with Gasteiger partial charge >= 0.3 is 0 Å². The fraction of sp³-hybridized carbons (Fsp3) is 0. The largest absolute Gasteiger partial charge is 0.455 e. The third kappa shape index (κ3) is 11.4. The van der Waals surface area contributed by atoms with Crippen LogP contribution in [0.5, 0.6) is 0 Å². The lowest BCUT2D eigenvalue weighted by Gasteiger charge is -2.12. The SMILES string of the molecule is N#Cc1ccc2c(c1)c1cc(-c3cccc4c3oc3ccccc34)ccc1n2-c1cccc(-c2nc(-c3ccccc3)nc(-c3ccccc3)n2)c1.N#Cc1cccc(-c2nc(-c3ccccc3)nc(-c3cccc(-n4c5ccc(-c6ccccc6)cc5c5cc(-c6cccc7c6oc6ccccc67)ccc54)c3)n2)c1. The molecule has 0 saturated carbocycles. The molecule has 0 unspecified atom stereocenters. The van der Waals surface area contributed by atoms with Crippen LogP contribution in [0.3, 0.4) is 0 Å². The maximum atomic E-state index is 9.90. The number of furan rings is 2. The number of aromatic nitrogens is 8. The van der Waals surface area contributed by atoms with Crippen LogP contribution in [0.2, 0.25) is 0 Å². The zero-order chi connectivity index (χ0) is 73.2. The van der Waals surface area contributed by atoms with Crippen molar-refractivity contribution in [1.29, 1.82) is 10.5 Å². The molecule has 0 atom stereocenters. The molecule has 15 aromatic carbocycles. The molecule has 0 aliphatic heterocycles. The molecule has 512 valence electrons. The minimum atomic E-state index is 0.503. The summed E-state index contributed by atoms with van der Waals surface area (Å²) in [6.07, 6.45) is 0. The van der Waals surface area contributed by atoms with Gasteiger partial charge in [0.15, 0.2) is 34.9 Å². The Balaban J connectivity index is 0.000000145. The van der Waals surface area contributed by atoms with E-state index in [0.29, 0.717) is 46.1 Å². The first kappa shape index (κ1) is 64.1. The van der Waals surface area contributed by atoms with Gasteiger partial charge in [-0.15, -0.1) is 0 Å². The molecule has 0 amide bonds. The van der Waals surface area contributed by atoms with E-state index in [-0.39, 0.29) is 0 Å². The van der Waals surface area contributed by atoms with Gasteiger partial charge in [-0.25, -0.2) is 29.9 Å². The molecule has 110 heavy (non-hydrogen) atoms. The first-order valence-electron chi connectivity index (χ1n) is 36.2. The number of rotatable bonds is 11. The minimum absolute atomic E-state index is 0.503. The van der Waals surface area contributed by atoms with Crippen LogP contribution in [-0.4, -0.2) is 39.0 Å². The summed E-state index contributed by atoms with van der Waals surface area (Å²) in [4.78, 5) is 29.7. The molecule has 0 N–H and O–H groups in total. The van der Waals surface area contributed by atoms with Crippen molar-refractivity contribution in [1.82, 2.24) is 39.0 Å². The maximum Gasteiger partial charge on any atom is 0.164 e. The molecular formula is C98H58N10O2. The van der Waals surface area contributed by atoms with Gasteiger partial charge in [0.05, 0.1) is 45.3 Å². The van der Waals surface area contributed by atoms with E-state index in [1.165, 1.54) is 0 Å². The Morgan fingerprint density at radius 3 is 0.973 bits per heavy atom. The van der Waals surface area contributed by atoms with Crippen LogP contribution in [0.15, 0.2) is 361 Å². The molecular weight excluding hydrogens is 1350 g/mol. The molecule has 0 spiro atoms. The van der Waals surface area contributed by atoms with Gasteiger partial charge in [-0.3, -0.25) is 0 Å². The molecule has 0 aliphatic rings. The van der Waals surface area contributed by atoms with Crippen LogP contribution in [0.4, 0.5) is 0 Å². The topological polar surface area (TPSA) is 161 Å². The highest BCUT2D eigenvalue weighted by atomic mass is 16.3. The van der Waals surface area contributed by atoms with Crippen LogP contribution in [0.25, 0.3) is 201 Å². The average molecular weight is 1410 g/mol. The van der Waals surface area contributed by atoms with Gasteiger partial charge in [0.1, 0.15) is 22.3 Å². The summed E-state index contributed by atoms with van der Waals surface area (Å²) in [6, 6.07) is 124. The van der Waals surface area contributed by atoms with Gasteiger partial charge in [0.25, 0.3) is 0 Å². The summed E-state index contributed by atoms with van der Waals surface area (Å²) in [5.41, 5.74) is 22.5. The Morgan fingerprint density at radius 2 is 0.536 bits per heavy atom. The van der Waals surface area contributed by atoms with E-state index in [0.717, 1.165) is 166 Å². The molecule has 12 nitrogen and oxygen atoms in total. The van der Waals surface area contributed by atoms with Gasteiger partial charge in [-0.1, -0.05) is 249 Å². The van der Waals surface area contributed by atoms with E-state index in [1.54, 1.807) is 6.07 Å². The second-order valence-corrected chi connectivity index (χ2v) is 27.1. The van der Waals surface area contributed by atoms with Crippen molar-refractivity contribution in [3.63, 3.8) is 0 Å². The van der Waals surface area contributed by atoms with E-state index >= 15 is 0 Å². The Labute approximate surface area is 630 Å². The lowest BCUT2D eigenvalue weighted by molar-refractivity contribution is 0.669. The Kier molecular flexibility index (Phi) is 15.7. The molecule has 0 radical (unpaired) electrons. The van der Waals surface area contributed by atoms with E-state index in [9.17, 15) is 10.5 Å². The smallest absolute Gasteiger partial charge is 0.164 e. The number of benzene rings is 15. The normalized spacial score (nSPS) is 11.4. The molecule has 0 aliphatic carbocycles. The highest BCUT2D eigenvalue weighted by Gasteiger charge is 2.23. The van der Waals surface area contributed by atoms with Crippen molar-refractivity contribution in [3.8, 4) is 125 Å². The summed E-state index contributed by atoms with van der Waals surface area (Å²) in [5.74, 6) is 3.42. The first-order valence-corrected chi connectivity index (χ1v) is 36.2. The predicted octanol–water partition coefficient (Wildman–Crippen LogP) is 24.5. The molecule has 0 fully saturated rings. The zero-order valence-corrected chi connectivity index (χ0v) is 58.8. The van der Waals surface area contributed by atoms with Crippen molar-refractivity contribution in [2.45, 2.75) is 0 Å². The number of fused-ring (bicyclic) bond motifs is 12. The summed E-state index contributed by atoms with van der Waals surface area (Å²) in [6.45, 7) is 0. The Morgan fingerprint density at radius 1 is 0.218 bits per heavy atom. The van der Waals surface area contributed by atoms with Crippen LogP contribution in [0, 0.1) is 22.7 Å². The molecule has 6 aromatic heterocycles. The van der Waals surface area contributed by atoms with Crippen LogP contribution in [-0.2, 0) is 0 Å². The summed E-state index contributed by atoms with van der Waals surface area (Å²) < 4.78 is 17.5. The second kappa shape index (κ2) is 26.9. The summed E-state index contributed by atoms with van der Waals surface area (Å²) in [7, 11) is 0. The van der Waals surface area contributed by atoms with Crippen molar-refractivity contribution >= 4 is 87.5 Å². The summed E-state index contributed by atoms with van der Waals surface area (Å²) in [5, 5.41) is 28.3. The zero-order valence-electron chi connectivity index (χ0n) is 58.8. The van der Waals surface area contributed by atoms with Gasteiger partial charge in [-0.05, 0) is 125 Å². The van der Waals surface area contributed by atoms with Crippen LogP contribution in [0.1, 0.15) is 11.1 Å². The van der Waals surface area contributed by atoms with Gasteiger partial charge in [0, 0.05) is 99.0 Å². The fourth-order valence-corrected chi connectivity index (χ4v) is 15.4. The third-order valence-electron chi connectivity index (χ3n) is 20.5. The Bertz CT molecular complexity index is 7260. The number of hydrogen-bond acceptors (Lipinski definition) is 10. The van der Waals surface area contributed by atoms with E-state index < -0.39 is 0 Å². The number of hydrogen-bond donors (Lipinski definition) is 0. The Hall–Kier alpha value is -15.5. The van der Waals surface area contributed by atoms with Gasteiger partial charge < -0.3 is 18.0 Å². The van der Waals surface area contributed by atoms with E-state index in [2.05, 4.69) is 185 Å². The molecule has 6 heterocycles. The predicted molar refractivity (Wildman–Crippen MR) is 441 cm³/mol. The van der Waals surface area contributed by atoms with Crippen LogP contribution >= 0.6 is 0 Å². The molecule has 21 rings (SSSR count). The molecule has 12 heteroatoms. The quantitative estimate of drug-likeness (QED) is 0.122. The first-order chi connectivity index (χ1) is 54.4. The van der Waals surface area contributed by atoms with Crippen molar-refractivity contribution in [3.05, 3.63) is 363 Å². The lowest BCUT2D eigenvalue weighted by atomic mass is 9.99. The van der Waals surface area contributed by atoms with Crippen molar-refractivity contribution in [2.75, 3.05) is 0 Å². The summed E-state index contributed by atoms with van der Waals surface area (Å²) >= 11 is 0. The van der Waals surface area contributed by atoms with Gasteiger partial charge in [0.2, 0.25) is 0 Å².